The average Bonchev–Trinajstić information content (AvgIpc) is 2.42. The predicted molar refractivity (Wildman–Crippen MR) is 63.1 cm³/mol. The summed E-state index contributed by atoms with van der Waals surface area (Å²) in [6, 6.07) is 16.8. The first-order chi connectivity index (χ1) is 7.34. The Balaban J connectivity index is 2.47. The van der Waals surface area contributed by atoms with Crippen LogP contribution >= 0.6 is 0 Å². The van der Waals surface area contributed by atoms with Gasteiger partial charge in [-0.1, -0.05) is 36.4 Å². The molecule has 1 aromatic rings. The van der Waals surface area contributed by atoms with Crippen molar-refractivity contribution >= 4 is 10.9 Å². The molecule has 0 atom stereocenters. The topological polar surface area (TPSA) is 12.9 Å². The number of hydrogen-bond donors (Lipinski definition) is 0. The number of rotatable bonds is 0. The molecule has 1 nitrogen and oxygen atoms in total. The highest BCUT2D eigenvalue weighted by atomic mass is 14.7. The molecule has 0 aliphatic heterocycles. The SMILES string of the molecule is Cc1ccc2c3cccccc-3cc2n1. The summed E-state index contributed by atoms with van der Waals surface area (Å²) in [7, 11) is 0. The second kappa shape index (κ2) is 3.06. The lowest BCUT2D eigenvalue weighted by Crippen LogP contribution is -1.77. The first kappa shape index (κ1) is 8.42. The zero-order valence-electron chi connectivity index (χ0n) is 8.57. The van der Waals surface area contributed by atoms with E-state index in [2.05, 4.69) is 47.4 Å². The van der Waals surface area contributed by atoms with E-state index in [0.717, 1.165) is 11.2 Å². The summed E-state index contributed by atoms with van der Waals surface area (Å²) < 4.78 is 0. The minimum atomic E-state index is 1.07. The lowest BCUT2D eigenvalue weighted by molar-refractivity contribution is 1.26. The fourth-order valence-electron chi connectivity index (χ4n) is 1.99. The van der Waals surface area contributed by atoms with Crippen molar-refractivity contribution in [3.8, 4) is 11.1 Å². The zero-order chi connectivity index (χ0) is 10.3. The summed E-state index contributed by atoms with van der Waals surface area (Å²) >= 11 is 0. The van der Waals surface area contributed by atoms with Gasteiger partial charge < -0.3 is 0 Å². The number of aromatic nitrogens is 1. The van der Waals surface area contributed by atoms with Gasteiger partial charge in [-0.3, -0.25) is 4.98 Å². The Morgan fingerprint density at radius 1 is 0.933 bits per heavy atom. The van der Waals surface area contributed by atoms with E-state index in [1.807, 2.05) is 13.0 Å². The smallest absolute Gasteiger partial charge is 0.0717 e. The van der Waals surface area contributed by atoms with Crippen LogP contribution in [-0.4, -0.2) is 4.98 Å². The van der Waals surface area contributed by atoms with Crippen LogP contribution in [0.5, 0.6) is 0 Å². The maximum absolute atomic E-state index is 4.53. The van der Waals surface area contributed by atoms with E-state index in [1.54, 1.807) is 0 Å². The summed E-state index contributed by atoms with van der Waals surface area (Å²) in [6.07, 6.45) is 0. The highest BCUT2D eigenvalue weighted by Gasteiger charge is 2.08. The van der Waals surface area contributed by atoms with Crippen molar-refractivity contribution < 1.29 is 0 Å². The van der Waals surface area contributed by atoms with Gasteiger partial charge in [-0.15, -0.1) is 0 Å². The van der Waals surface area contributed by atoms with Gasteiger partial charge in [0.1, 0.15) is 0 Å². The molecule has 0 saturated heterocycles. The van der Waals surface area contributed by atoms with Crippen LogP contribution in [0.3, 0.4) is 0 Å². The Bertz CT molecular complexity index is 598. The lowest BCUT2D eigenvalue weighted by Gasteiger charge is -1.94. The predicted octanol–water partition coefficient (Wildman–Crippen LogP) is 3.65. The molecule has 2 aliphatic rings. The van der Waals surface area contributed by atoms with Crippen LogP contribution in [0.4, 0.5) is 0 Å². The molecule has 1 heterocycles. The molecule has 0 fully saturated rings. The number of nitrogens with zero attached hydrogens (tertiary/aromatic N) is 1. The van der Waals surface area contributed by atoms with E-state index in [4.69, 9.17) is 0 Å². The van der Waals surface area contributed by atoms with Crippen molar-refractivity contribution in [3.05, 3.63) is 54.2 Å². The summed E-state index contributed by atoms with van der Waals surface area (Å²) in [4.78, 5) is 4.53. The van der Waals surface area contributed by atoms with Crippen molar-refractivity contribution in [2.24, 2.45) is 0 Å². The summed E-state index contributed by atoms with van der Waals surface area (Å²) in [5, 5.41) is 1.24. The molecule has 0 bridgehead atoms. The molecule has 2 aliphatic carbocycles. The van der Waals surface area contributed by atoms with Gasteiger partial charge in [-0.05, 0) is 30.2 Å². The van der Waals surface area contributed by atoms with Gasteiger partial charge in [0.05, 0.1) is 5.52 Å². The number of fused-ring (bicyclic) bond motifs is 3. The molecule has 0 unspecified atom stereocenters. The van der Waals surface area contributed by atoms with Gasteiger partial charge in [0.15, 0.2) is 0 Å². The first-order valence-electron chi connectivity index (χ1n) is 5.10. The van der Waals surface area contributed by atoms with Gasteiger partial charge in [-0.25, -0.2) is 0 Å². The monoisotopic (exact) mass is 193 g/mol. The largest absolute Gasteiger partial charge is 0.253 e. The molecule has 0 aromatic carbocycles. The van der Waals surface area contributed by atoms with Crippen LogP contribution < -0.4 is 0 Å². The van der Waals surface area contributed by atoms with Crippen LogP contribution in [0.25, 0.3) is 22.0 Å². The fraction of sp³-hybridized carbons (Fsp3) is 0.0714. The second-order valence-corrected chi connectivity index (χ2v) is 3.81. The average molecular weight is 193 g/mol. The molecule has 72 valence electrons. The van der Waals surface area contributed by atoms with Gasteiger partial charge in [0, 0.05) is 11.1 Å². The third-order valence-corrected chi connectivity index (χ3v) is 2.72. The fourth-order valence-corrected chi connectivity index (χ4v) is 1.99. The van der Waals surface area contributed by atoms with E-state index in [1.165, 1.54) is 16.5 Å². The standard InChI is InChI=1S/C14H11N/c1-10-7-8-13-12-6-4-2-3-5-11(12)9-14(13)15-10/h2-9H,1H3. The molecular weight excluding hydrogens is 182 g/mol. The number of hydrogen-bond acceptors (Lipinski definition) is 1. The van der Waals surface area contributed by atoms with Gasteiger partial charge in [0.25, 0.3) is 0 Å². The lowest BCUT2D eigenvalue weighted by atomic mass is 10.1. The number of aryl methyl sites for hydroxylation is 1. The minimum absolute atomic E-state index is 1.07. The highest BCUT2D eigenvalue weighted by Crippen LogP contribution is 2.32. The van der Waals surface area contributed by atoms with Crippen molar-refractivity contribution in [3.63, 3.8) is 0 Å². The van der Waals surface area contributed by atoms with Crippen LogP contribution in [0.2, 0.25) is 0 Å². The summed E-state index contributed by atoms with van der Waals surface area (Å²) in [5.41, 5.74) is 4.70. The minimum Gasteiger partial charge on any atom is -0.253 e. The normalized spacial score (nSPS) is 11.0. The van der Waals surface area contributed by atoms with Crippen LogP contribution in [0, 0.1) is 6.92 Å². The molecule has 0 spiro atoms. The van der Waals surface area contributed by atoms with E-state index in [9.17, 15) is 0 Å². The highest BCUT2D eigenvalue weighted by molar-refractivity contribution is 5.99. The van der Waals surface area contributed by atoms with Crippen molar-refractivity contribution in [1.29, 1.82) is 0 Å². The third-order valence-electron chi connectivity index (χ3n) is 2.72. The van der Waals surface area contributed by atoms with Crippen LogP contribution in [0.1, 0.15) is 5.69 Å². The van der Waals surface area contributed by atoms with Crippen molar-refractivity contribution in [2.75, 3.05) is 0 Å². The van der Waals surface area contributed by atoms with E-state index in [-0.39, 0.29) is 0 Å². The Kier molecular flexibility index (Phi) is 1.72. The van der Waals surface area contributed by atoms with Gasteiger partial charge in [-0.2, -0.15) is 0 Å². The Morgan fingerprint density at radius 3 is 2.73 bits per heavy atom. The molecular formula is C14H11N. The molecule has 0 radical (unpaired) electrons. The Hall–Kier alpha value is -1.89. The Labute approximate surface area is 88.7 Å². The van der Waals surface area contributed by atoms with E-state index < -0.39 is 0 Å². The van der Waals surface area contributed by atoms with E-state index >= 15 is 0 Å². The quantitative estimate of drug-likeness (QED) is 0.531. The molecule has 15 heavy (non-hydrogen) atoms. The second-order valence-electron chi connectivity index (χ2n) is 3.81. The molecule has 1 heteroatoms. The summed E-state index contributed by atoms with van der Waals surface area (Å²) in [6.45, 7) is 2.02. The maximum Gasteiger partial charge on any atom is 0.0717 e. The third kappa shape index (κ3) is 1.28. The Morgan fingerprint density at radius 2 is 1.80 bits per heavy atom. The molecule has 3 rings (SSSR count). The van der Waals surface area contributed by atoms with Crippen molar-refractivity contribution in [1.82, 2.24) is 4.98 Å². The molecule has 0 saturated carbocycles. The summed E-state index contributed by atoms with van der Waals surface area (Å²) in [5.74, 6) is 0. The van der Waals surface area contributed by atoms with Gasteiger partial charge in [0.2, 0.25) is 0 Å². The molecule has 0 amide bonds. The molecule has 1 aromatic heterocycles. The number of pyridine rings is 1. The van der Waals surface area contributed by atoms with E-state index in [0.29, 0.717) is 0 Å². The zero-order valence-corrected chi connectivity index (χ0v) is 8.57. The molecule has 0 N–H and O–H groups in total. The maximum atomic E-state index is 4.53. The van der Waals surface area contributed by atoms with Crippen LogP contribution in [0.15, 0.2) is 48.5 Å². The van der Waals surface area contributed by atoms with Crippen molar-refractivity contribution in [2.45, 2.75) is 6.92 Å². The first-order valence-corrected chi connectivity index (χ1v) is 5.10. The van der Waals surface area contributed by atoms with Crippen LogP contribution in [-0.2, 0) is 0 Å². The van der Waals surface area contributed by atoms with Gasteiger partial charge >= 0.3 is 0 Å².